The average molecular weight is 417 g/mol. The van der Waals surface area contributed by atoms with Gasteiger partial charge in [-0.1, -0.05) is 62.4 Å². The number of carboxylic acid groups (broad SMARTS) is 1. The largest absolute Gasteiger partial charge is 0.481 e. The quantitative estimate of drug-likeness (QED) is 0.451. The van der Waals surface area contributed by atoms with E-state index in [0.29, 0.717) is 24.6 Å². The molecule has 31 heavy (non-hydrogen) atoms. The molecule has 4 rings (SSSR count). The molecule has 2 aromatic heterocycles. The Kier molecular flexibility index (Phi) is 5.83. The van der Waals surface area contributed by atoms with Gasteiger partial charge in [-0.2, -0.15) is 10.3 Å². The minimum absolute atomic E-state index is 0.0238. The molecule has 0 saturated heterocycles. The number of H-pyrrole nitrogens is 1. The summed E-state index contributed by atoms with van der Waals surface area (Å²) in [6.07, 6.45) is 0.351. The fourth-order valence-electron chi connectivity index (χ4n) is 3.44. The van der Waals surface area contributed by atoms with Crippen LogP contribution in [0.25, 0.3) is 22.5 Å². The molecule has 0 aliphatic heterocycles. The van der Waals surface area contributed by atoms with Gasteiger partial charge in [-0.25, -0.2) is 9.67 Å². The summed E-state index contributed by atoms with van der Waals surface area (Å²) >= 11 is 0. The first-order valence-corrected chi connectivity index (χ1v) is 10.1. The highest BCUT2D eigenvalue weighted by Gasteiger charge is 2.15. The average Bonchev–Trinajstić information content (AvgIpc) is 3.43. The molecule has 0 fully saturated rings. The summed E-state index contributed by atoms with van der Waals surface area (Å²) < 4.78 is 1.87. The van der Waals surface area contributed by atoms with Crippen molar-refractivity contribution in [2.24, 2.45) is 0 Å². The van der Waals surface area contributed by atoms with E-state index < -0.39 is 5.97 Å². The van der Waals surface area contributed by atoms with Crippen LogP contribution in [0.1, 0.15) is 43.4 Å². The monoisotopic (exact) mass is 417 g/mol. The van der Waals surface area contributed by atoms with Crippen LogP contribution >= 0.6 is 0 Å². The second kappa shape index (κ2) is 8.86. The van der Waals surface area contributed by atoms with E-state index in [9.17, 15) is 4.79 Å². The van der Waals surface area contributed by atoms with Gasteiger partial charge in [0, 0.05) is 17.9 Å². The molecule has 2 heterocycles. The summed E-state index contributed by atoms with van der Waals surface area (Å²) in [5.74, 6) is 1.31. The number of benzene rings is 2. The van der Waals surface area contributed by atoms with Gasteiger partial charge in [0.2, 0.25) is 5.82 Å². The Balaban J connectivity index is 1.57. The third-order valence-electron chi connectivity index (χ3n) is 4.93. The van der Waals surface area contributed by atoms with Crippen LogP contribution in [0.4, 0.5) is 0 Å². The smallest absolute Gasteiger partial charge is 0.303 e. The molecular formula is C22H23N7O2. The Morgan fingerprint density at radius 2 is 1.84 bits per heavy atom. The van der Waals surface area contributed by atoms with Gasteiger partial charge in [-0.05, 0) is 21.9 Å². The number of hydrogen-bond donors (Lipinski definition) is 2. The SMILES string of the molecule is CC(C)c1nc(CCC(=O)O)nn1Cc1ccc(-c2ccccc2-c2nn[nH]n2)cc1. The van der Waals surface area contributed by atoms with Gasteiger partial charge in [-0.3, -0.25) is 4.79 Å². The van der Waals surface area contributed by atoms with E-state index in [1.165, 1.54) is 0 Å². The molecule has 0 spiro atoms. The lowest BCUT2D eigenvalue weighted by Crippen LogP contribution is -2.08. The second-order valence-corrected chi connectivity index (χ2v) is 7.57. The molecule has 0 amide bonds. The molecule has 2 aromatic carbocycles. The number of carboxylic acids is 1. The number of nitrogens with one attached hydrogen (secondary N) is 1. The predicted octanol–water partition coefficient (Wildman–Crippen LogP) is 3.31. The number of rotatable bonds is 8. The Morgan fingerprint density at radius 1 is 1.10 bits per heavy atom. The Labute approximate surface area is 179 Å². The molecule has 9 heteroatoms. The van der Waals surface area contributed by atoms with Crippen LogP contribution in [0.3, 0.4) is 0 Å². The van der Waals surface area contributed by atoms with Crippen LogP contribution in [0, 0.1) is 0 Å². The molecule has 9 nitrogen and oxygen atoms in total. The van der Waals surface area contributed by atoms with Crippen LogP contribution in [-0.2, 0) is 17.8 Å². The van der Waals surface area contributed by atoms with Crippen LogP contribution < -0.4 is 0 Å². The summed E-state index contributed by atoms with van der Waals surface area (Å²) in [6, 6.07) is 16.2. The second-order valence-electron chi connectivity index (χ2n) is 7.57. The molecule has 0 saturated carbocycles. The number of tetrazole rings is 1. The highest BCUT2D eigenvalue weighted by atomic mass is 16.4. The fourth-order valence-corrected chi connectivity index (χ4v) is 3.44. The van der Waals surface area contributed by atoms with Gasteiger partial charge < -0.3 is 5.11 Å². The molecule has 2 N–H and O–H groups in total. The van der Waals surface area contributed by atoms with E-state index in [1.807, 2.05) is 28.9 Å². The van der Waals surface area contributed by atoms with Gasteiger partial charge >= 0.3 is 5.97 Å². The first-order chi connectivity index (χ1) is 15.0. The highest BCUT2D eigenvalue weighted by molar-refractivity contribution is 5.80. The molecule has 0 bridgehead atoms. The Hall–Kier alpha value is -3.88. The lowest BCUT2D eigenvalue weighted by Gasteiger charge is -2.10. The van der Waals surface area contributed by atoms with Crippen molar-refractivity contribution in [3.05, 3.63) is 65.7 Å². The molecule has 158 valence electrons. The lowest BCUT2D eigenvalue weighted by molar-refractivity contribution is -0.137. The van der Waals surface area contributed by atoms with Crippen molar-refractivity contribution in [1.29, 1.82) is 0 Å². The van der Waals surface area contributed by atoms with Crippen LogP contribution in [0.15, 0.2) is 48.5 Å². The van der Waals surface area contributed by atoms with E-state index in [4.69, 9.17) is 5.11 Å². The minimum atomic E-state index is -0.848. The summed E-state index contributed by atoms with van der Waals surface area (Å²) in [5.41, 5.74) is 4.06. The molecular weight excluding hydrogens is 394 g/mol. The van der Waals surface area contributed by atoms with Crippen molar-refractivity contribution >= 4 is 5.97 Å². The predicted molar refractivity (Wildman–Crippen MR) is 114 cm³/mol. The van der Waals surface area contributed by atoms with Crippen LogP contribution in [0.5, 0.6) is 0 Å². The number of aryl methyl sites for hydroxylation is 1. The molecule has 0 atom stereocenters. The standard InChI is InChI=1S/C22H23N7O2/c1-14(2)22-23-19(11-12-20(30)31)26-29(22)13-15-7-9-16(10-8-15)17-5-3-4-6-18(17)21-24-27-28-25-21/h3-10,14H,11-13H2,1-2H3,(H,30,31)(H,24,25,27,28). The number of carbonyl (C=O) groups is 1. The highest BCUT2D eigenvalue weighted by Crippen LogP contribution is 2.29. The van der Waals surface area contributed by atoms with Crippen molar-refractivity contribution in [2.75, 3.05) is 0 Å². The van der Waals surface area contributed by atoms with E-state index in [-0.39, 0.29) is 12.3 Å². The van der Waals surface area contributed by atoms with E-state index in [2.05, 4.69) is 68.8 Å². The normalized spacial score (nSPS) is 11.2. The van der Waals surface area contributed by atoms with Gasteiger partial charge in [0.15, 0.2) is 5.82 Å². The fraction of sp³-hybridized carbons (Fsp3) is 0.273. The number of nitrogens with zero attached hydrogens (tertiary/aromatic N) is 6. The van der Waals surface area contributed by atoms with Gasteiger partial charge in [-0.15, -0.1) is 10.2 Å². The minimum Gasteiger partial charge on any atom is -0.481 e. The maximum absolute atomic E-state index is 10.9. The molecule has 0 aliphatic carbocycles. The van der Waals surface area contributed by atoms with Crippen LogP contribution in [0.2, 0.25) is 0 Å². The zero-order valence-electron chi connectivity index (χ0n) is 17.4. The third kappa shape index (κ3) is 4.66. The molecule has 4 aromatic rings. The number of aliphatic carboxylic acids is 1. The van der Waals surface area contributed by atoms with Gasteiger partial charge in [0.1, 0.15) is 5.82 Å². The first-order valence-electron chi connectivity index (χ1n) is 10.1. The van der Waals surface area contributed by atoms with Crippen molar-refractivity contribution in [3.8, 4) is 22.5 Å². The lowest BCUT2D eigenvalue weighted by atomic mass is 9.98. The summed E-state index contributed by atoms with van der Waals surface area (Å²) in [6.45, 7) is 4.68. The van der Waals surface area contributed by atoms with E-state index >= 15 is 0 Å². The van der Waals surface area contributed by atoms with Crippen LogP contribution in [-0.4, -0.2) is 46.5 Å². The zero-order chi connectivity index (χ0) is 21.8. The van der Waals surface area contributed by atoms with Crippen molar-refractivity contribution in [3.63, 3.8) is 0 Å². The molecule has 0 radical (unpaired) electrons. The van der Waals surface area contributed by atoms with Crippen molar-refractivity contribution < 1.29 is 9.90 Å². The first kappa shape index (κ1) is 20.4. The molecule has 0 aliphatic rings. The third-order valence-corrected chi connectivity index (χ3v) is 4.93. The topological polar surface area (TPSA) is 122 Å². The maximum atomic E-state index is 10.9. The summed E-state index contributed by atoms with van der Waals surface area (Å²) in [5, 5.41) is 27.8. The van der Waals surface area contributed by atoms with Gasteiger partial charge in [0.25, 0.3) is 0 Å². The van der Waals surface area contributed by atoms with Crippen molar-refractivity contribution in [1.82, 2.24) is 35.4 Å². The van der Waals surface area contributed by atoms with Gasteiger partial charge in [0.05, 0.1) is 13.0 Å². The van der Waals surface area contributed by atoms with Crippen molar-refractivity contribution in [2.45, 2.75) is 39.2 Å². The zero-order valence-corrected chi connectivity index (χ0v) is 17.4. The Bertz CT molecular complexity index is 1170. The summed E-state index contributed by atoms with van der Waals surface area (Å²) in [7, 11) is 0. The number of hydrogen-bond acceptors (Lipinski definition) is 6. The maximum Gasteiger partial charge on any atom is 0.303 e. The Morgan fingerprint density at radius 3 is 2.48 bits per heavy atom. The number of aromatic amines is 1. The molecule has 0 unspecified atom stereocenters. The van der Waals surface area contributed by atoms with E-state index in [0.717, 1.165) is 28.1 Å². The summed E-state index contributed by atoms with van der Waals surface area (Å²) in [4.78, 5) is 15.4. The number of aromatic nitrogens is 7. The van der Waals surface area contributed by atoms with E-state index in [1.54, 1.807) is 0 Å².